The number of fused-ring (bicyclic) bond motifs is 1. The summed E-state index contributed by atoms with van der Waals surface area (Å²) in [7, 11) is 1.77. The lowest BCUT2D eigenvalue weighted by molar-refractivity contribution is 0.0734. The maximum atomic E-state index is 12.9. The molecule has 0 atom stereocenters. The van der Waals surface area contributed by atoms with Crippen molar-refractivity contribution in [3.8, 4) is 0 Å². The second kappa shape index (κ2) is 8.13. The van der Waals surface area contributed by atoms with Crippen LogP contribution in [0.5, 0.6) is 0 Å². The van der Waals surface area contributed by atoms with E-state index in [2.05, 4.69) is 24.0 Å². The highest BCUT2D eigenvalue weighted by Crippen LogP contribution is 2.20. The molecule has 2 aromatic rings. The molecule has 0 unspecified atom stereocenters. The predicted molar refractivity (Wildman–Crippen MR) is 101 cm³/mol. The Morgan fingerprint density at radius 1 is 1.19 bits per heavy atom. The third-order valence-corrected chi connectivity index (χ3v) is 4.84. The number of hydrogen-bond donors (Lipinski definition) is 0. The number of benzene rings is 1. The average Bonchev–Trinajstić information content (AvgIpc) is 2.70. The third-order valence-electron chi connectivity index (χ3n) is 4.84. The van der Waals surface area contributed by atoms with E-state index in [1.807, 2.05) is 17.0 Å². The van der Waals surface area contributed by atoms with E-state index in [9.17, 15) is 9.59 Å². The minimum absolute atomic E-state index is 0.0489. The third kappa shape index (κ3) is 3.93. The molecule has 0 bridgehead atoms. The number of pyridine rings is 1. The first-order valence-electron chi connectivity index (χ1n) is 9.17. The predicted octanol–water partition coefficient (Wildman–Crippen LogP) is 3.15. The van der Waals surface area contributed by atoms with Crippen molar-refractivity contribution in [3.63, 3.8) is 0 Å². The van der Waals surface area contributed by atoms with E-state index in [-0.39, 0.29) is 11.8 Å². The van der Waals surface area contributed by atoms with Gasteiger partial charge in [0.05, 0.1) is 0 Å². The van der Waals surface area contributed by atoms with Crippen molar-refractivity contribution in [2.45, 2.75) is 32.7 Å². The van der Waals surface area contributed by atoms with Gasteiger partial charge in [0, 0.05) is 38.4 Å². The molecule has 0 spiro atoms. The van der Waals surface area contributed by atoms with E-state index in [0.717, 1.165) is 19.3 Å². The number of unbranched alkanes of at least 4 members (excludes halogenated alkanes) is 1. The largest absolute Gasteiger partial charge is 0.340 e. The van der Waals surface area contributed by atoms with Crippen LogP contribution in [0, 0.1) is 0 Å². The van der Waals surface area contributed by atoms with E-state index in [1.165, 1.54) is 11.1 Å². The van der Waals surface area contributed by atoms with Crippen LogP contribution >= 0.6 is 0 Å². The number of nitrogens with zero attached hydrogens (tertiary/aromatic N) is 3. The second-order valence-electron chi connectivity index (χ2n) is 6.76. The molecule has 0 aliphatic carbocycles. The van der Waals surface area contributed by atoms with Crippen molar-refractivity contribution in [3.05, 3.63) is 65.0 Å². The fraction of sp³-hybridized carbons (Fsp3) is 0.381. The second-order valence-corrected chi connectivity index (χ2v) is 6.76. The van der Waals surface area contributed by atoms with Crippen molar-refractivity contribution in [2.75, 3.05) is 20.1 Å². The fourth-order valence-electron chi connectivity index (χ4n) is 3.22. The van der Waals surface area contributed by atoms with Gasteiger partial charge in [0.15, 0.2) is 0 Å². The Hall–Kier alpha value is -2.69. The van der Waals surface area contributed by atoms with Gasteiger partial charge in [0.2, 0.25) is 0 Å². The summed E-state index contributed by atoms with van der Waals surface area (Å²) < 4.78 is 0. The molecular weight excluding hydrogens is 326 g/mol. The number of rotatable bonds is 5. The minimum atomic E-state index is -0.142. The molecule has 0 saturated carbocycles. The molecule has 0 radical (unpaired) electrons. The van der Waals surface area contributed by atoms with Crippen LogP contribution in [0.3, 0.4) is 0 Å². The van der Waals surface area contributed by atoms with Gasteiger partial charge in [-0.2, -0.15) is 0 Å². The van der Waals surface area contributed by atoms with Crippen molar-refractivity contribution in [1.29, 1.82) is 0 Å². The summed E-state index contributed by atoms with van der Waals surface area (Å²) in [4.78, 5) is 33.1. The molecule has 1 aliphatic rings. The van der Waals surface area contributed by atoms with E-state index in [0.29, 0.717) is 30.9 Å². The molecule has 2 heterocycles. The lowest BCUT2D eigenvalue weighted by Crippen LogP contribution is -2.36. The molecule has 5 heteroatoms. The zero-order chi connectivity index (χ0) is 18.5. The lowest BCUT2D eigenvalue weighted by atomic mass is 9.99. The van der Waals surface area contributed by atoms with Crippen LogP contribution in [0.25, 0.3) is 0 Å². The van der Waals surface area contributed by atoms with Gasteiger partial charge in [-0.05, 0) is 36.1 Å². The maximum Gasteiger partial charge on any atom is 0.272 e. The van der Waals surface area contributed by atoms with Crippen LogP contribution in [0.2, 0.25) is 0 Å². The van der Waals surface area contributed by atoms with Gasteiger partial charge in [-0.25, -0.2) is 0 Å². The zero-order valence-corrected chi connectivity index (χ0v) is 15.4. The number of aromatic nitrogens is 1. The summed E-state index contributed by atoms with van der Waals surface area (Å²) in [6.07, 6.45) is 4.39. The highest BCUT2D eigenvalue weighted by Gasteiger charge is 2.23. The Balaban J connectivity index is 1.74. The topological polar surface area (TPSA) is 53.5 Å². The van der Waals surface area contributed by atoms with Gasteiger partial charge in [-0.3, -0.25) is 14.6 Å². The molecule has 5 nitrogen and oxygen atoms in total. The Kier molecular flexibility index (Phi) is 5.66. The molecule has 1 aliphatic heterocycles. The number of amides is 2. The first kappa shape index (κ1) is 18.1. The van der Waals surface area contributed by atoms with Crippen LogP contribution in [0.1, 0.15) is 51.7 Å². The Morgan fingerprint density at radius 2 is 1.96 bits per heavy atom. The van der Waals surface area contributed by atoms with Crippen LogP contribution in [0.15, 0.2) is 42.6 Å². The first-order valence-corrected chi connectivity index (χ1v) is 9.17. The molecule has 1 aromatic carbocycles. The molecule has 136 valence electrons. The van der Waals surface area contributed by atoms with Gasteiger partial charge in [0.25, 0.3) is 11.8 Å². The molecule has 2 amide bonds. The van der Waals surface area contributed by atoms with Gasteiger partial charge in [-0.1, -0.05) is 37.6 Å². The summed E-state index contributed by atoms with van der Waals surface area (Å²) >= 11 is 0. The smallest absolute Gasteiger partial charge is 0.272 e. The molecular formula is C21H25N3O2. The maximum absolute atomic E-state index is 12.9. The summed E-state index contributed by atoms with van der Waals surface area (Å²) in [6, 6.07) is 11.5. The quantitative estimate of drug-likeness (QED) is 0.831. The van der Waals surface area contributed by atoms with E-state index < -0.39 is 0 Å². The summed E-state index contributed by atoms with van der Waals surface area (Å²) in [5.41, 5.74) is 3.34. The van der Waals surface area contributed by atoms with Crippen molar-refractivity contribution >= 4 is 11.8 Å². The molecule has 0 N–H and O–H groups in total. The highest BCUT2D eigenvalue weighted by molar-refractivity contribution is 5.98. The summed E-state index contributed by atoms with van der Waals surface area (Å²) in [5, 5.41) is 0. The minimum Gasteiger partial charge on any atom is -0.340 e. The first-order chi connectivity index (χ1) is 12.6. The van der Waals surface area contributed by atoms with Crippen LogP contribution < -0.4 is 0 Å². The standard InChI is InChI=1S/C21H25N3O2/c1-3-4-12-23(2)21(26)19-14-17(9-11-22-19)20(25)24-13-10-16-7-5-6-8-18(16)15-24/h5-9,11,14H,3-4,10,12-13,15H2,1-2H3. The van der Waals surface area contributed by atoms with E-state index in [4.69, 9.17) is 0 Å². The van der Waals surface area contributed by atoms with E-state index in [1.54, 1.807) is 30.3 Å². The van der Waals surface area contributed by atoms with Gasteiger partial charge < -0.3 is 9.80 Å². The monoisotopic (exact) mass is 351 g/mol. The lowest BCUT2D eigenvalue weighted by Gasteiger charge is -2.29. The highest BCUT2D eigenvalue weighted by atomic mass is 16.2. The Bertz CT molecular complexity index is 803. The fourth-order valence-corrected chi connectivity index (χ4v) is 3.22. The van der Waals surface area contributed by atoms with Crippen molar-refractivity contribution < 1.29 is 9.59 Å². The van der Waals surface area contributed by atoms with Gasteiger partial charge in [-0.15, -0.1) is 0 Å². The number of hydrogen-bond acceptors (Lipinski definition) is 3. The number of carbonyl (C=O) groups is 2. The molecule has 0 fully saturated rings. The Morgan fingerprint density at radius 3 is 2.73 bits per heavy atom. The summed E-state index contributed by atoms with van der Waals surface area (Å²) in [5.74, 6) is -0.191. The average molecular weight is 351 g/mol. The summed E-state index contributed by atoms with van der Waals surface area (Å²) in [6.45, 7) is 4.08. The van der Waals surface area contributed by atoms with Gasteiger partial charge in [0.1, 0.15) is 5.69 Å². The zero-order valence-electron chi connectivity index (χ0n) is 15.4. The normalized spacial score (nSPS) is 13.2. The van der Waals surface area contributed by atoms with E-state index >= 15 is 0 Å². The van der Waals surface area contributed by atoms with Crippen molar-refractivity contribution in [1.82, 2.24) is 14.8 Å². The molecule has 0 saturated heterocycles. The SMILES string of the molecule is CCCCN(C)C(=O)c1cc(C(=O)N2CCc3ccccc3C2)ccn1. The number of carbonyl (C=O) groups excluding carboxylic acids is 2. The van der Waals surface area contributed by atoms with Crippen molar-refractivity contribution in [2.24, 2.45) is 0 Å². The Labute approximate surface area is 154 Å². The molecule has 26 heavy (non-hydrogen) atoms. The van der Waals surface area contributed by atoms with Crippen LogP contribution in [-0.4, -0.2) is 46.7 Å². The van der Waals surface area contributed by atoms with Gasteiger partial charge >= 0.3 is 0 Å². The molecule has 3 rings (SSSR count). The molecule has 1 aromatic heterocycles. The van der Waals surface area contributed by atoms with Crippen LogP contribution in [0.4, 0.5) is 0 Å². The van der Waals surface area contributed by atoms with Crippen LogP contribution in [-0.2, 0) is 13.0 Å².